The predicted octanol–water partition coefficient (Wildman–Crippen LogP) is 3.32. The van der Waals surface area contributed by atoms with Crippen molar-refractivity contribution in [1.29, 1.82) is 0 Å². The largest absolute Gasteiger partial charge is 0.454 e. The van der Waals surface area contributed by atoms with E-state index in [0.29, 0.717) is 5.56 Å². The summed E-state index contributed by atoms with van der Waals surface area (Å²) in [5.74, 6) is -1.22. The van der Waals surface area contributed by atoms with Gasteiger partial charge < -0.3 is 4.74 Å². The quantitative estimate of drug-likeness (QED) is 0.602. The Morgan fingerprint density at radius 1 is 1.04 bits per heavy atom. The lowest BCUT2D eigenvalue weighted by atomic mass is 9.86. The molecule has 0 atom stereocenters. The number of hydrogen-bond acceptors (Lipinski definition) is 5. The number of ketones is 1. The van der Waals surface area contributed by atoms with Gasteiger partial charge in [-0.1, -0.05) is 56.6 Å². The van der Waals surface area contributed by atoms with Crippen LogP contribution < -0.4 is 5.14 Å². The number of esters is 1. The summed E-state index contributed by atoms with van der Waals surface area (Å²) in [6.07, 6.45) is 0. The molecule has 0 spiro atoms. The Morgan fingerprint density at radius 2 is 1.59 bits per heavy atom. The Balaban J connectivity index is 2.08. The van der Waals surface area contributed by atoms with Crippen molar-refractivity contribution < 1.29 is 22.7 Å². The van der Waals surface area contributed by atoms with E-state index in [2.05, 4.69) is 20.8 Å². The van der Waals surface area contributed by atoms with E-state index in [1.807, 2.05) is 12.1 Å². The van der Waals surface area contributed by atoms with Crippen LogP contribution in [0.15, 0.2) is 47.4 Å². The van der Waals surface area contributed by atoms with E-state index in [4.69, 9.17) is 21.5 Å². The fourth-order valence-corrected chi connectivity index (χ4v) is 3.37. The summed E-state index contributed by atoms with van der Waals surface area (Å²) < 4.78 is 27.9. The first-order chi connectivity index (χ1) is 12.4. The van der Waals surface area contributed by atoms with Crippen molar-refractivity contribution in [2.45, 2.75) is 31.1 Å². The second kappa shape index (κ2) is 7.80. The number of halogens is 1. The van der Waals surface area contributed by atoms with E-state index in [1.54, 1.807) is 12.1 Å². The molecule has 8 heteroatoms. The molecule has 0 aliphatic rings. The van der Waals surface area contributed by atoms with Gasteiger partial charge in [-0.25, -0.2) is 18.4 Å². The van der Waals surface area contributed by atoms with Crippen molar-refractivity contribution in [3.63, 3.8) is 0 Å². The third kappa shape index (κ3) is 5.38. The van der Waals surface area contributed by atoms with Crippen molar-refractivity contribution in [1.82, 2.24) is 0 Å². The van der Waals surface area contributed by atoms with Crippen LogP contribution in [0.25, 0.3) is 0 Å². The summed E-state index contributed by atoms with van der Waals surface area (Å²) in [5.41, 5.74) is 1.38. The minimum Gasteiger partial charge on any atom is -0.454 e. The van der Waals surface area contributed by atoms with Gasteiger partial charge in [0.1, 0.15) is 4.90 Å². The van der Waals surface area contributed by atoms with Gasteiger partial charge in [0.25, 0.3) is 0 Å². The van der Waals surface area contributed by atoms with Gasteiger partial charge in [-0.05, 0) is 29.2 Å². The molecule has 0 saturated heterocycles. The molecule has 0 radical (unpaired) electrons. The molecule has 0 fully saturated rings. The number of carbonyl (C=O) groups excluding carboxylic acids is 2. The highest BCUT2D eigenvalue weighted by Gasteiger charge is 2.19. The van der Waals surface area contributed by atoms with Gasteiger partial charge in [-0.15, -0.1) is 0 Å². The molecule has 0 bridgehead atoms. The Morgan fingerprint density at radius 3 is 2.11 bits per heavy atom. The van der Waals surface area contributed by atoms with E-state index >= 15 is 0 Å². The number of sulfonamides is 1. The van der Waals surface area contributed by atoms with Gasteiger partial charge in [-0.3, -0.25) is 4.79 Å². The summed E-state index contributed by atoms with van der Waals surface area (Å²) in [5, 5.41) is 4.94. The number of ether oxygens (including phenoxy) is 1. The number of benzene rings is 2. The maximum Gasteiger partial charge on any atom is 0.338 e. The zero-order valence-corrected chi connectivity index (χ0v) is 16.7. The summed E-state index contributed by atoms with van der Waals surface area (Å²) >= 11 is 5.77. The molecule has 27 heavy (non-hydrogen) atoms. The first-order valence-electron chi connectivity index (χ1n) is 8.03. The molecule has 0 aliphatic carbocycles. The van der Waals surface area contributed by atoms with Crippen molar-refractivity contribution >= 4 is 33.4 Å². The molecular formula is C19H20ClNO5S. The van der Waals surface area contributed by atoms with E-state index in [1.165, 1.54) is 12.1 Å². The van der Waals surface area contributed by atoms with Crippen LogP contribution in [0.3, 0.4) is 0 Å². The summed E-state index contributed by atoms with van der Waals surface area (Å²) in [6.45, 7) is 5.72. The van der Waals surface area contributed by atoms with Gasteiger partial charge >= 0.3 is 5.97 Å². The first kappa shape index (κ1) is 21.1. The van der Waals surface area contributed by atoms with E-state index in [-0.39, 0.29) is 26.7 Å². The van der Waals surface area contributed by atoms with Crippen molar-refractivity contribution in [3.8, 4) is 0 Å². The maximum atomic E-state index is 12.2. The lowest BCUT2D eigenvalue weighted by Crippen LogP contribution is -2.17. The van der Waals surface area contributed by atoms with Crippen LogP contribution in [0.4, 0.5) is 0 Å². The smallest absolute Gasteiger partial charge is 0.338 e. The Labute approximate surface area is 163 Å². The zero-order chi connectivity index (χ0) is 20.4. The number of nitrogens with two attached hydrogens (primary N) is 1. The monoisotopic (exact) mass is 409 g/mol. The van der Waals surface area contributed by atoms with Crippen LogP contribution >= 0.6 is 11.6 Å². The van der Waals surface area contributed by atoms with Crippen LogP contribution in [-0.2, 0) is 20.2 Å². The number of hydrogen-bond donors (Lipinski definition) is 1. The minimum atomic E-state index is -4.09. The van der Waals surface area contributed by atoms with Crippen LogP contribution in [0.5, 0.6) is 0 Å². The first-order valence-corrected chi connectivity index (χ1v) is 9.95. The van der Waals surface area contributed by atoms with Crippen LogP contribution in [0, 0.1) is 0 Å². The Hall–Kier alpha value is -2.22. The summed E-state index contributed by atoms with van der Waals surface area (Å²) in [6, 6.07) is 10.6. The Kier molecular flexibility index (Phi) is 6.09. The van der Waals surface area contributed by atoms with Gasteiger partial charge in [0.05, 0.1) is 10.6 Å². The maximum absolute atomic E-state index is 12.2. The van der Waals surface area contributed by atoms with Crippen LogP contribution in [0.1, 0.15) is 47.1 Å². The molecule has 0 aliphatic heterocycles. The van der Waals surface area contributed by atoms with Crippen LogP contribution in [0.2, 0.25) is 5.02 Å². The number of Topliss-reactive ketones (excluding diaryl/α,β-unsaturated/α-hetero) is 1. The standard InChI is InChI=1S/C19H20ClNO5S/c1-19(2,3)14-7-4-12(5-8-14)16(22)11-26-18(23)13-6-9-15(20)17(10-13)27(21,24)25/h4-10H,11H2,1-3H3,(H2,21,24,25). The molecule has 2 N–H and O–H groups in total. The fourth-order valence-electron chi connectivity index (χ4n) is 2.30. The van der Waals surface area contributed by atoms with E-state index < -0.39 is 22.6 Å². The van der Waals surface area contributed by atoms with E-state index in [0.717, 1.165) is 11.6 Å². The van der Waals surface area contributed by atoms with Crippen molar-refractivity contribution in [2.75, 3.05) is 6.61 Å². The molecule has 2 aromatic carbocycles. The molecule has 0 heterocycles. The highest BCUT2D eigenvalue weighted by molar-refractivity contribution is 7.89. The molecule has 2 rings (SSSR count). The van der Waals surface area contributed by atoms with E-state index in [9.17, 15) is 18.0 Å². The minimum absolute atomic E-state index is 0.0380. The SMILES string of the molecule is CC(C)(C)c1ccc(C(=O)COC(=O)c2ccc(Cl)c(S(N)(=O)=O)c2)cc1. The third-order valence-corrected chi connectivity index (χ3v) is 5.27. The zero-order valence-electron chi connectivity index (χ0n) is 15.2. The molecule has 2 aromatic rings. The molecule has 0 aromatic heterocycles. The predicted molar refractivity (Wildman–Crippen MR) is 103 cm³/mol. The number of rotatable bonds is 5. The topological polar surface area (TPSA) is 104 Å². The lowest BCUT2D eigenvalue weighted by molar-refractivity contribution is 0.0474. The summed E-state index contributed by atoms with van der Waals surface area (Å²) in [4.78, 5) is 23.9. The molecule has 0 saturated carbocycles. The van der Waals surface area contributed by atoms with Crippen molar-refractivity contribution in [3.05, 3.63) is 64.2 Å². The van der Waals surface area contributed by atoms with Gasteiger partial charge in [0.2, 0.25) is 10.0 Å². The molecule has 0 unspecified atom stereocenters. The second-order valence-electron chi connectivity index (χ2n) is 7.02. The van der Waals surface area contributed by atoms with Gasteiger partial charge in [0.15, 0.2) is 12.4 Å². The Bertz CT molecular complexity index is 976. The molecule has 6 nitrogen and oxygen atoms in total. The molecule has 144 valence electrons. The van der Waals surface area contributed by atoms with Gasteiger partial charge in [-0.2, -0.15) is 0 Å². The molecular weight excluding hydrogens is 390 g/mol. The number of carbonyl (C=O) groups is 2. The fraction of sp³-hybridized carbons (Fsp3) is 0.263. The normalized spacial score (nSPS) is 11.9. The van der Waals surface area contributed by atoms with Gasteiger partial charge in [0, 0.05) is 5.56 Å². The average molecular weight is 410 g/mol. The lowest BCUT2D eigenvalue weighted by Gasteiger charge is -2.18. The second-order valence-corrected chi connectivity index (χ2v) is 8.95. The average Bonchev–Trinajstić information content (AvgIpc) is 2.58. The van der Waals surface area contributed by atoms with Crippen molar-refractivity contribution in [2.24, 2.45) is 5.14 Å². The third-order valence-electron chi connectivity index (χ3n) is 3.88. The molecule has 0 amide bonds. The number of primary sulfonamides is 1. The summed E-state index contributed by atoms with van der Waals surface area (Å²) in [7, 11) is -4.09. The highest BCUT2D eigenvalue weighted by atomic mass is 35.5. The van der Waals surface area contributed by atoms with Crippen LogP contribution in [-0.4, -0.2) is 26.8 Å². The highest BCUT2D eigenvalue weighted by Crippen LogP contribution is 2.23.